The van der Waals surface area contributed by atoms with E-state index in [2.05, 4.69) is 10.1 Å². The summed E-state index contributed by atoms with van der Waals surface area (Å²) in [6.45, 7) is 0.984. The Labute approximate surface area is 174 Å². The normalized spacial score (nSPS) is 16.3. The molecule has 0 aliphatic carbocycles. The van der Waals surface area contributed by atoms with Gasteiger partial charge in [0.2, 0.25) is 0 Å². The van der Waals surface area contributed by atoms with Gasteiger partial charge >= 0.3 is 0 Å². The molecule has 8 nitrogen and oxygen atoms in total. The van der Waals surface area contributed by atoms with Gasteiger partial charge in [-0.1, -0.05) is 0 Å². The van der Waals surface area contributed by atoms with E-state index in [-0.39, 0.29) is 17.6 Å². The smallest absolute Gasteiger partial charge is 0.255 e. The number of carbonyl (C=O) groups excluding carboxylic acids is 2. The Morgan fingerprint density at radius 2 is 1.97 bits per heavy atom. The van der Waals surface area contributed by atoms with Crippen molar-refractivity contribution in [3.8, 4) is 11.4 Å². The molecule has 1 aromatic carbocycles. The van der Waals surface area contributed by atoms with Crippen LogP contribution in [0.3, 0.4) is 0 Å². The van der Waals surface area contributed by atoms with Crippen molar-refractivity contribution < 1.29 is 14.3 Å². The van der Waals surface area contributed by atoms with Crippen LogP contribution in [0, 0.1) is 5.92 Å². The standard InChI is InChI=1S/C22H23N5O3/c1-30-18-8-6-17(7-9-18)27-21(23)19(13-25-27)20(28)16-5-3-11-26(14-16)22(29)15-4-2-10-24-12-15/h2,4,6-10,12-13,16H,3,5,11,14,23H2,1H3/t16-/m1/s1. The maximum Gasteiger partial charge on any atom is 0.255 e. The molecule has 1 aliphatic heterocycles. The lowest BCUT2D eigenvalue weighted by atomic mass is 9.90. The number of hydrogen-bond acceptors (Lipinski definition) is 6. The lowest BCUT2D eigenvalue weighted by Gasteiger charge is -2.32. The molecule has 2 aromatic heterocycles. The van der Waals surface area contributed by atoms with Gasteiger partial charge in [0.05, 0.1) is 30.1 Å². The topological polar surface area (TPSA) is 103 Å². The number of anilines is 1. The number of amides is 1. The summed E-state index contributed by atoms with van der Waals surface area (Å²) in [7, 11) is 1.60. The molecule has 0 radical (unpaired) electrons. The second kappa shape index (κ2) is 8.36. The number of aromatic nitrogens is 3. The van der Waals surface area contributed by atoms with E-state index >= 15 is 0 Å². The number of methoxy groups -OCH3 is 1. The molecule has 1 fully saturated rings. The van der Waals surface area contributed by atoms with E-state index in [0.29, 0.717) is 36.5 Å². The lowest BCUT2D eigenvalue weighted by Crippen LogP contribution is -2.42. The number of ketones is 1. The first-order valence-corrected chi connectivity index (χ1v) is 9.80. The molecule has 30 heavy (non-hydrogen) atoms. The van der Waals surface area contributed by atoms with E-state index in [1.807, 2.05) is 12.1 Å². The van der Waals surface area contributed by atoms with Crippen LogP contribution >= 0.6 is 0 Å². The van der Waals surface area contributed by atoms with Gasteiger partial charge in [0, 0.05) is 31.4 Å². The van der Waals surface area contributed by atoms with E-state index < -0.39 is 0 Å². The predicted octanol–water partition coefficient (Wildman–Crippen LogP) is 2.59. The number of pyridine rings is 1. The van der Waals surface area contributed by atoms with Crippen molar-refractivity contribution >= 4 is 17.5 Å². The van der Waals surface area contributed by atoms with Crippen LogP contribution in [-0.2, 0) is 0 Å². The van der Waals surface area contributed by atoms with Gasteiger partial charge < -0.3 is 15.4 Å². The minimum Gasteiger partial charge on any atom is -0.497 e. The first kappa shape index (κ1) is 19.6. The quantitative estimate of drug-likeness (QED) is 0.655. The van der Waals surface area contributed by atoms with Gasteiger partial charge in [0.1, 0.15) is 11.6 Å². The Morgan fingerprint density at radius 1 is 1.17 bits per heavy atom. The second-order valence-corrected chi connectivity index (χ2v) is 7.25. The average Bonchev–Trinajstić information content (AvgIpc) is 3.20. The van der Waals surface area contributed by atoms with Crippen molar-refractivity contribution in [3.63, 3.8) is 0 Å². The number of nitrogens with two attached hydrogens (primary N) is 1. The molecule has 3 heterocycles. The van der Waals surface area contributed by atoms with Crippen LogP contribution in [0.25, 0.3) is 5.69 Å². The fraction of sp³-hybridized carbons (Fsp3) is 0.273. The minimum absolute atomic E-state index is 0.0871. The molecule has 1 saturated heterocycles. The molecular formula is C22H23N5O3. The zero-order valence-corrected chi connectivity index (χ0v) is 16.7. The van der Waals surface area contributed by atoms with E-state index in [9.17, 15) is 9.59 Å². The molecule has 0 bridgehead atoms. The Kier molecular flexibility index (Phi) is 5.47. The summed E-state index contributed by atoms with van der Waals surface area (Å²) in [6.07, 6.45) is 6.15. The third-order valence-corrected chi connectivity index (χ3v) is 5.38. The van der Waals surface area contributed by atoms with Gasteiger partial charge in [-0.3, -0.25) is 14.6 Å². The summed E-state index contributed by atoms with van der Waals surface area (Å²) in [5, 5.41) is 4.30. The summed E-state index contributed by atoms with van der Waals surface area (Å²) >= 11 is 0. The van der Waals surface area contributed by atoms with Gasteiger partial charge in [0.25, 0.3) is 5.91 Å². The van der Waals surface area contributed by atoms with Crippen LogP contribution in [0.15, 0.2) is 55.0 Å². The highest BCUT2D eigenvalue weighted by Crippen LogP contribution is 2.26. The number of ether oxygens (including phenoxy) is 1. The number of nitrogens with zero attached hydrogens (tertiary/aromatic N) is 4. The van der Waals surface area contributed by atoms with Gasteiger partial charge in [-0.25, -0.2) is 4.68 Å². The number of nitrogen functional groups attached to an aromatic ring is 1. The number of likely N-dealkylation sites (tertiary alicyclic amines) is 1. The van der Waals surface area contributed by atoms with Crippen LogP contribution in [0.2, 0.25) is 0 Å². The molecule has 0 unspecified atom stereocenters. The fourth-order valence-electron chi connectivity index (χ4n) is 3.74. The van der Waals surface area contributed by atoms with Crippen LogP contribution in [0.4, 0.5) is 5.82 Å². The Morgan fingerprint density at radius 3 is 2.67 bits per heavy atom. The number of carbonyl (C=O) groups is 2. The molecule has 0 spiro atoms. The number of benzene rings is 1. The molecule has 0 saturated carbocycles. The summed E-state index contributed by atoms with van der Waals surface area (Å²) in [5.41, 5.74) is 7.91. The van der Waals surface area contributed by atoms with Gasteiger partial charge in [0.15, 0.2) is 5.78 Å². The molecule has 1 aliphatic rings. The van der Waals surface area contributed by atoms with E-state index in [1.54, 1.807) is 48.7 Å². The van der Waals surface area contributed by atoms with Crippen molar-refractivity contribution in [2.45, 2.75) is 12.8 Å². The minimum atomic E-state index is -0.310. The summed E-state index contributed by atoms with van der Waals surface area (Å²) in [6, 6.07) is 10.7. The highest BCUT2D eigenvalue weighted by atomic mass is 16.5. The first-order chi connectivity index (χ1) is 14.6. The molecule has 4 rings (SSSR count). The third-order valence-electron chi connectivity index (χ3n) is 5.38. The molecule has 1 atom stereocenters. The maximum absolute atomic E-state index is 13.2. The van der Waals surface area contributed by atoms with Crippen molar-refractivity contribution in [3.05, 3.63) is 66.1 Å². The van der Waals surface area contributed by atoms with Crippen LogP contribution in [0.1, 0.15) is 33.6 Å². The van der Waals surface area contributed by atoms with Crippen molar-refractivity contribution in [2.24, 2.45) is 5.92 Å². The van der Waals surface area contributed by atoms with Crippen LogP contribution < -0.4 is 10.5 Å². The number of rotatable bonds is 5. The summed E-state index contributed by atoms with van der Waals surface area (Å²) in [5.74, 6) is 0.510. The van der Waals surface area contributed by atoms with Crippen LogP contribution in [-0.4, -0.2) is 51.6 Å². The second-order valence-electron chi connectivity index (χ2n) is 7.25. The van der Waals surface area contributed by atoms with E-state index in [0.717, 1.165) is 17.9 Å². The number of Topliss-reactive ketones (excluding diaryl/α,β-unsaturated/α-hetero) is 1. The van der Waals surface area contributed by atoms with Crippen LogP contribution in [0.5, 0.6) is 5.75 Å². The van der Waals surface area contributed by atoms with E-state index in [1.165, 1.54) is 10.9 Å². The van der Waals surface area contributed by atoms with Gasteiger partial charge in [-0.15, -0.1) is 0 Å². The van der Waals surface area contributed by atoms with Crippen molar-refractivity contribution in [1.29, 1.82) is 0 Å². The first-order valence-electron chi connectivity index (χ1n) is 9.80. The van der Waals surface area contributed by atoms with Crippen molar-refractivity contribution in [2.75, 3.05) is 25.9 Å². The average molecular weight is 405 g/mol. The number of hydrogen-bond donors (Lipinski definition) is 1. The monoisotopic (exact) mass is 405 g/mol. The number of piperidine rings is 1. The molecule has 8 heteroatoms. The largest absolute Gasteiger partial charge is 0.497 e. The van der Waals surface area contributed by atoms with Gasteiger partial charge in [-0.2, -0.15) is 5.10 Å². The van der Waals surface area contributed by atoms with Crippen molar-refractivity contribution in [1.82, 2.24) is 19.7 Å². The zero-order valence-electron chi connectivity index (χ0n) is 16.7. The Balaban J connectivity index is 1.51. The molecule has 3 aromatic rings. The summed E-state index contributed by atoms with van der Waals surface area (Å²) < 4.78 is 6.70. The Hall–Kier alpha value is -3.68. The summed E-state index contributed by atoms with van der Waals surface area (Å²) in [4.78, 5) is 31.6. The molecule has 1 amide bonds. The molecular weight excluding hydrogens is 382 g/mol. The highest BCUT2D eigenvalue weighted by molar-refractivity contribution is 6.02. The van der Waals surface area contributed by atoms with E-state index in [4.69, 9.17) is 10.5 Å². The SMILES string of the molecule is COc1ccc(-n2ncc(C(=O)[C@@H]3CCCN(C(=O)c4cccnc4)C3)c2N)cc1. The predicted molar refractivity (Wildman–Crippen MR) is 112 cm³/mol. The third kappa shape index (κ3) is 3.76. The molecule has 2 N–H and O–H groups in total. The Bertz CT molecular complexity index is 1050. The van der Waals surface area contributed by atoms with Gasteiger partial charge in [-0.05, 0) is 49.2 Å². The maximum atomic E-state index is 13.2. The molecule has 154 valence electrons. The lowest BCUT2D eigenvalue weighted by molar-refractivity contribution is 0.0637. The fourth-order valence-corrected chi connectivity index (χ4v) is 3.74. The highest BCUT2D eigenvalue weighted by Gasteiger charge is 2.31. The zero-order chi connectivity index (χ0) is 21.1.